The van der Waals surface area contributed by atoms with Gasteiger partial charge in [-0.05, 0) is 76.8 Å². The van der Waals surface area contributed by atoms with Crippen LogP contribution in [0.4, 0.5) is 13.2 Å². The molecule has 2 heterocycles. The molecule has 45 heavy (non-hydrogen) atoms. The highest BCUT2D eigenvalue weighted by Gasteiger charge is 2.45. The number of allylic oxidation sites excluding steroid dienone is 1. The smallest absolute Gasteiger partial charge is 0.434 e. The lowest BCUT2D eigenvalue weighted by molar-refractivity contribution is -0.140. The average molecular weight is 722 g/mol. The third-order valence-corrected chi connectivity index (χ3v) is 8.46. The molecule has 0 saturated carbocycles. The van der Waals surface area contributed by atoms with Crippen LogP contribution in [0.1, 0.15) is 36.6 Å². The van der Waals surface area contributed by atoms with Gasteiger partial charge in [0.15, 0.2) is 22.0 Å². The number of aromatic nitrogens is 1. The minimum atomic E-state index is -5.01. The predicted octanol–water partition coefficient (Wildman–Crippen LogP) is 6.73. The molecule has 0 N–H and O–H groups in total. The summed E-state index contributed by atoms with van der Waals surface area (Å²) in [7, 11) is 0. The third kappa shape index (κ3) is 7.03. The molecule has 0 bridgehead atoms. The number of fused-ring (bicyclic) bond motifs is 1. The number of ether oxygens (including phenoxy) is 3. The van der Waals surface area contributed by atoms with E-state index in [9.17, 15) is 22.8 Å². The number of alkyl halides is 3. The topological polar surface area (TPSA) is 79.1 Å². The summed E-state index contributed by atoms with van der Waals surface area (Å²) >= 11 is 10.3. The molecule has 3 aromatic carbocycles. The van der Waals surface area contributed by atoms with E-state index in [1.165, 1.54) is 37.3 Å². The fourth-order valence-corrected chi connectivity index (χ4v) is 6.46. The lowest BCUT2D eigenvalue weighted by Crippen LogP contribution is -2.41. The van der Waals surface area contributed by atoms with Gasteiger partial charge in [0.05, 0.1) is 33.8 Å². The van der Waals surface area contributed by atoms with Crippen LogP contribution < -0.4 is 24.4 Å². The quantitative estimate of drug-likeness (QED) is 0.179. The molecule has 0 fully saturated rings. The molecular weight excluding hydrogens is 697 g/mol. The van der Waals surface area contributed by atoms with E-state index in [-0.39, 0.29) is 28.1 Å². The Balaban J connectivity index is 1.66. The zero-order valence-corrected chi connectivity index (χ0v) is 27.0. The van der Waals surface area contributed by atoms with Crippen molar-refractivity contribution in [2.45, 2.75) is 32.7 Å². The van der Waals surface area contributed by atoms with Crippen molar-refractivity contribution in [3.05, 3.63) is 124 Å². The van der Waals surface area contributed by atoms with E-state index in [0.717, 1.165) is 21.5 Å². The normalized spacial score (nSPS) is 15.0. The summed E-state index contributed by atoms with van der Waals surface area (Å²) in [4.78, 5) is 30.5. The maximum atomic E-state index is 14.4. The second kappa shape index (κ2) is 13.6. The van der Waals surface area contributed by atoms with E-state index >= 15 is 0 Å². The first-order valence-electron chi connectivity index (χ1n) is 13.7. The number of esters is 1. The monoisotopic (exact) mass is 720 g/mol. The maximum absolute atomic E-state index is 14.4. The summed E-state index contributed by atoms with van der Waals surface area (Å²) < 4.78 is 61.7. The van der Waals surface area contributed by atoms with Gasteiger partial charge in [-0.2, -0.15) is 13.2 Å². The first-order valence-corrected chi connectivity index (χ1v) is 15.7. The Kier molecular flexibility index (Phi) is 9.85. The Labute approximate surface area is 273 Å². The molecule has 0 unspecified atom stereocenters. The number of thiazole rings is 1. The van der Waals surface area contributed by atoms with Crippen LogP contribution in [0.15, 0.2) is 92.3 Å². The average Bonchev–Trinajstić information content (AvgIpc) is 3.31. The van der Waals surface area contributed by atoms with E-state index in [2.05, 4.69) is 20.9 Å². The van der Waals surface area contributed by atoms with Crippen LogP contribution in [0.2, 0.25) is 5.02 Å². The zero-order valence-electron chi connectivity index (χ0n) is 23.9. The lowest BCUT2D eigenvalue weighted by atomic mass is 9.95. The molecule has 0 aliphatic carbocycles. The Morgan fingerprint density at radius 3 is 2.42 bits per heavy atom. The second-order valence-electron chi connectivity index (χ2n) is 9.65. The number of nitrogens with zero attached hydrogens (tertiary/aromatic N) is 2. The number of hydrogen-bond acceptors (Lipinski definition) is 7. The third-order valence-electron chi connectivity index (χ3n) is 6.64. The first kappa shape index (κ1) is 32.5. The number of carbonyl (C=O) groups is 1. The molecule has 5 rings (SSSR count). The SMILES string of the molecule is CCOC(=O)C1=C(C(F)(F)F)N=c2s/c(=C\c3cc(Br)c(OCc4ccccc4)c(OCC)c3)c(=O)n2[C@H]1c1ccc(Cl)cc1. The molecule has 0 radical (unpaired) electrons. The first-order chi connectivity index (χ1) is 21.5. The van der Waals surface area contributed by atoms with Crippen molar-refractivity contribution in [3.8, 4) is 11.5 Å². The summed E-state index contributed by atoms with van der Waals surface area (Å²) in [6, 6.07) is 17.4. The van der Waals surface area contributed by atoms with Crippen LogP contribution in [-0.4, -0.2) is 29.9 Å². The molecule has 13 heteroatoms. The van der Waals surface area contributed by atoms with Crippen molar-refractivity contribution >= 4 is 50.9 Å². The summed E-state index contributed by atoms with van der Waals surface area (Å²) in [6.07, 6.45) is -3.48. The predicted molar refractivity (Wildman–Crippen MR) is 168 cm³/mol. The summed E-state index contributed by atoms with van der Waals surface area (Å²) in [5.41, 5.74) is -1.14. The van der Waals surface area contributed by atoms with E-state index in [0.29, 0.717) is 33.2 Å². The van der Waals surface area contributed by atoms with Gasteiger partial charge in [0.1, 0.15) is 6.61 Å². The van der Waals surface area contributed by atoms with Crippen molar-refractivity contribution in [2.75, 3.05) is 13.2 Å². The van der Waals surface area contributed by atoms with Crippen LogP contribution in [0.25, 0.3) is 6.08 Å². The van der Waals surface area contributed by atoms with Crippen LogP contribution in [0.3, 0.4) is 0 Å². The molecule has 0 saturated heterocycles. The van der Waals surface area contributed by atoms with Gasteiger partial charge in [-0.1, -0.05) is 65.4 Å². The van der Waals surface area contributed by atoms with Gasteiger partial charge in [0, 0.05) is 5.02 Å². The van der Waals surface area contributed by atoms with Crippen LogP contribution in [-0.2, 0) is 16.1 Å². The molecule has 1 aromatic heterocycles. The molecule has 0 amide bonds. The Hall–Kier alpha value is -3.87. The summed E-state index contributed by atoms with van der Waals surface area (Å²) in [5.74, 6) is -0.361. The molecule has 1 atom stereocenters. The highest BCUT2D eigenvalue weighted by molar-refractivity contribution is 9.10. The van der Waals surface area contributed by atoms with Crippen molar-refractivity contribution in [3.63, 3.8) is 0 Å². The molecular formula is C32H25BrClF3N2O5S. The molecule has 1 aliphatic rings. The summed E-state index contributed by atoms with van der Waals surface area (Å²) in [5, 5.41) is 0.329. The highest BCUT2D eigenvalue weighted by Crippen LogP contribution is 2.39. The number of rotatable bonds is 9. The number of hydrogen-bond donors (Lipinski definition) is 0. The Morgan fingerprint density at radius 1 is 1.07 bits per heavy atom. The van der Waals surface area contributed by atoms with Gasteiger partial charge in [-0.3, -0.25) is 9.36 Å². The second-order valence-corrected chi connectivity index (χ2v) is 12.0. The number of carbonyl (C=O) groups excluding carboxylic acids is 1. The van der Waals surface area contributed by atoms with Gasteiger partial charge in [-0.25, -0.2) is 9.79 Å². The van der Waals surface area contributed by atoms with Crippen LogP contribution in [0.5, 0.6) is 11.5 Å². The van der Waals surface area contributed by atoms with Crippen molar-refractivity contribution in [1.82, 2.24) is 4.57 Å². The minimum absolute atomic E-state index is 0.0895. The van der Waals surface area contributed by atoms with Crippen LogP contribution in [0, 0.1) is 0 Å². The van der Waals surface area contributed by atoms with Gasteiger partial charge in [-0.15, -0.1) is 0 Å². The van der Waals surface area contributed by atoms with E-state index < -0.39 is 35.0 Å². The Morgan fingerprint density at radius 2 is 1.78 bits per heavy atom. The maximum Gasteiger partial charge on any atom is 0.434 e. The zero-order chi connectivity index (χ0) is 32.3. The molecule has 4 aromatic rings. The number of benzene rings is 3. The Bertz CT molecular complexity index is 1940. The minimum Gasteiger partial charge on any atom is -0.490 e. The standard InChI is InChI=1S/C32H25BrClF3N2O5S/c1-3-42-23-15-19(14-22(33)27(23)44-17-18-8-6-5-7-9-18)16-24-29(40)39-26(20-10-12-21(34)13-11-20)25(30(41)43-4-2)28(32(35,36)37)38-31(39)45-24/h5-16,26H,3-4,17H2,1-2H3/b24-16-/t26-/m0/s1. The van der Waals surface area contributed by atoms with Crippen molar-refractivity contribution < 1.29 is 32.2 Å². The van der Waals surface area contributed by atoms with Crippen molar-refractivity contribution in [1.29, 1.82) is 0 Å². The molecule has 234 valence electrons. The van der Waals surface area contributed by atoms with Gasteiger partial charge < -0.3 is 14.2 Å². The highest BCUT2D eigenvalue weighted by atomic mass is 79.9. The molecule has 0 spiro atoms. The molecule has 7 nitrogen and oxygen atoms in total. The number of halogens is 5. The van der Waals surface area contributed by atoms with Gasteiger partial charge >= 0.3 is 12.1 Å². The fraction of sp³-hybridized carbons (Fsp3) is 0.219. The van der Waals surface area contributed by atoms with Crippen LogP contribution >= 0.6 is 38.9 Å². The van der Waals surface area contributed by atoms with Crippen molar-refractivity contribution in [2.24, 2.45) is 4.99 Å². The van der Waals surface area contributed by atoms with E-state index in [1.54, 1.807) is 12.1 Å². The largest absolute Gasteiger partial charge is 0.490 e. The summed E-state index contributed by atoms with van der Waals surface area (Å²) in [6.45, 7) is 3.73. The van der Waals surface area contributed by atoms with E-state index in [1.807, 2.05) is 37.3 Å². The van der Waals surface area contributed by atoms with E-state index in [4.69, 9.17) is 25.8 Å². The lowest BCUT2D eigenvalue weighted by Gasteiger charge is -2.26. The van der Waals surface area contributed by atoms with Gasteiger partial charge in [0.2, 0.25) is 0 Å². The van der Waals surface area contributed by atoms with Gasteiger partial charge in [0.25, 0.3) is 5.56 Å². The molecule has 1 aliphatic heterocycles. The fourth-order valence-electron chi connectivity index (χ4n) is 4.76.